The lowest BCUT2D eigenvalue weighted by molar-refractivity contribution is -0.125. The van der Waals surface area contributed by atoms with Crippen LogP contribution in [0.4, 0.5) is 0 Å². The van der Waals surface area contributed by atoms with Crippen molar-refractivity contribution in [3.63, 3.8) is 0 Å². The highest BCUT2D eigenvalue weighted by Gasteiger charge is 2.38. The molecule has 1 aliphatic carbocycles. The zero-order valence-corrected chi connectivity index (χ0v) is 9.55. The zero-order valence-electron chi connectivity index (χ0n) is 9.55. The van der Waals surface area contributed by atoms with Crippen molar-refractivity contribution in [2.45, 2.75) is 51.7 Å². The lowest BCUT2D eigenvalue weighted by Gasteiger charge is -2.40. The fourth-order valence-electron chi connectivity index (χ4n) is 2.15. The molecule has 82 valence electrons. The van der Waals surface area contributed by atoms with Crippen LogP contribution in [-0.2, 0) is 4.74 Å². The quantitative estimate of drug-likeness (QED) is 0.706. The van der Waals surface area contributed by atoms with Gasteiger partial charge >= 0.3 is 0 Å². The molecule has 1 saturated carbocycles. The highest BCUT2D eigenvalue weighted by atomic mass is 16.5. The first-order valence-electron chi connectivity index (χ1n) is 5.46. The molecule has 0 heterocycles. The van der Waals surface area contributed by atoms with Gasteiger partial charge in [0.05, 0.1) is 11.7 Å². The van der Waals surface area contributed by atoms with Crippen molar-refractivity contribution < 1.29 is 9.84 Å². The van der Waals surface area contributed by atoms with Crippen LogP contribution in [0, 0.1) is 5.92 Å². The molecule has 14 heavy (non-hydrogen) atoms. The van der Waals surface area contributed by atoms with E-state index in [-0.39, 0.29) is 6.10 Å². The van der Waals surface area contributed by atoms with Gasteiger partial charge in [-0.3, -0.25) is 0 Å². The molecule has 0 amide bonds. The van der Waals surface area contributed by atoms with Crippen LogP contribution in [0.1, 0.15) is 40.0 Å². The average molecular weight is 198 g/mol. The first-order valence-corrected chi connectivity index (χ1v) is 5.46. The molecule has 3 atom stereocenters. The summed E-state index contributed by atoms with van der Waals surface area (Å²) >= 11 is 0. The van der Waals surface area contributed by atoms with E-state index < -0.39 is 5.60 Å². The third-order valence-corrected chi connectivity index (χ3v) is 3.26. The van der Waals surface area contributed by atoms with Gasteiger partial charge in [0.15, 0.2) is 0 Å². The van der Waals surface area contributed by atoms with Gasteiger partial charge in [-0.05, 0) is 46.0 Å². The van der Waals surface area contributed by atoms with E-state index in [0.717, 1.165) is 19.3 Å². The highest BCUT2D eigenvalue weighted by Crippen LogP contribution is 2.36. The predicted octanol–water partition coefficient (Wildman–Crippen LogP) is 2.52. The van der Waals surface area contributed by atoms with Crippen LogP contribution in [0.3, 0.4) is 0 Å². The van der Waals surface area contributed by atoms with Crippen molar-refractivity contribution in [3.05, 3.63) is 12.2 Å². The smallest absolute Gasteiger partial charge is 0.0880 e. The van der Waals surface area contributed by atoms with Crippen molar-refractivity contribution >= 4 is 0 Å². The maximum absolute atomic E-state index is 10.1. The predicted molar refractivity (Wildman–Crippen MR) is 58.2 cm³/mol. The fourth-order valence-corrected chi connectivity index (χ4v) is 2.15. The number of hydrogen-bond acceptors (Lipinski definition) is 2. The molecule has 1 N–H and O–H groups in total. The molecule has 1 unspecified atom stereocenters. The van der Waals surface area contributed by atoms with E-state index in [1.165, 1.54) is 5.57 Å². The third kappa shape index (κ3) is 2.58. The molecule has 0 aromatic rings. The first-order chi connectivity index (χ1) is 6.47. The largest absolute Gasteiger partial charge is 0.387 e. The highest BCUT2D eigenvalue weighted by molar-refractivity contribution is 5.03. The minimum atomic E-state index is -0.651. The standard InChI is InChI=1S/C12H22O2/c1-5-14-11-8-10(9(2)3)6-7-12(11,4)13/h10-11,13H,2,5-8H2,1,3-4H3/t10-,11-,12?/m0/s1. The fraction of sp³-hybridized carbons (Fsp3) is 0.833. The van der Waals surface area contributed by atoms with E-state index in [0.29, 0.717) is 12.5 Å². The van der Waals surface area contributed by atoms with Gasteiger partial charge in [0.2, 0.25) is 0 Å². The Morgan fingerprint density at radius 1 is 1.64 bits per heavy atom. The molecule has 1 fully saturated rings. The molecule has 2 nitrogen and oxygen atoms in total. The SMILES string of the molecule is C=C(C)[C@H]1CCC(C)(O)[C@@H](OCC)C1. The van der Waals surface area contributed by atoms with E-state index in [2.05, 4.69) is 13.5 Å². The van der Waals surface area contributed by atoms with Gasteiger partial charge in [0.1, 0.15) is 0 Å². The van der Waals surface area contributed by atoms with Crippen molar-refractivity contribution in [2.24, 2.45) is 5.92 Å². The Morgan fingerprint density at radius 2 is 2.29 bits per heavy atom. The molecule has 0 bridgehead atoms. The second-order valence-electron chi connectivity index (χ2n) is 4.62. The van der Waals surface area contributed by atoms with Crippen LogP contribution in [0.15, 0.2) is 12.2 Å². The van der Waals surface area contributed by atoms with E-state index in [1.807, 2.05) is 13.8 Å². The van der Waals surface area contributed by atoms with Crippen LogP contribution in [0.25, 0.3) is 0 Å². The lowest BCUT2D eigenvalue weighted by Crippen LogP contribution is -2.46. The molecule has 0 aliphatic heterocycles. The summed E-state index contributed by atoms with van der Waals surface area (Å²) in [6.45, 7) is 10.6. The number of rotatable bonds is 3. The Bertz CT molecular complexity index is 208. The van der Waals surface area contributed by atoms with E-state index in [1.54, 1.807) is 0 Å². The Balaban J connectivity index is 2.62. The Kier molecular flexibility index (Phi) is 3.73. The molecule has 0 saturated heterocycles. The Morgan fingerprint density at radius 3 is 2.79 bits per heavy atom. The number of ether oxygens (including phenoxy) is 1. The third-order valence-electron chi connectivity index (χ3n) is 3.26. The van der Waals surface area contributed by atoms with Crippen LogP contribution in [-0.4, -0.2) is 23.4 Å². The topological polar surface area (TPSA) is 29.5 Å². The van der Waals surface area contributed by atoms with E-state index in [4.69, 9.17) is 4.74 Å². The maximum Gasteiger partial charge on any atom is 0.0880 e. The summed E-state index contributed by atoms with van der Waals surface area (Å²) < 4.78 is 5.59. The molecule has 0 radical (unpaired) electrons. The molecule has 0 spiro atoms. The van der Waals surface area contributed by atoms with Crippen LogP contribution in [0.5, 0.6) is 0 Å². The molecule has 1 aliphatic rings. The molecular formula is C12H22O2. The zero-order chi connectivity index (χ0) is 10.8. The van der Waals surface area contributed by atoms with Gasteiger partial charge in [-0.25, -0.2) is 0 Å². The molecule has 1 rings (SSSR count). The monoisotopic (exact) mass is 198 g/mol. The summed E-state index contributed by atoms with van der Waals surface area (Å²) in [7, 11) is 0. The molecular weight excluding hydrogens is 176 g/mol. The number of aliphatic hydroxyl groups is 1. The molecule has 0 aromatic carbocycles. The maximum atomic E-state index is 10.1. The second kappa shape index (κ2) is 4.45. The van der Waals surface area contributed by atoms with Gasteiger partial charge in [-0.15, -0.1) is 0 Å². The summed E-state index contributed by atoms with van der Waals surface area (Å²) in [6, 6.07) is 0. The summed E-state index contributed by atoms with van der Waals surface area (Å²) in [4.78, 5) is 0. The minimum Gasteiger partial charge on any atom is -0.387 e. The second-order valence-corrected chi connectivity index (χ2v) is 4.62. The number of allylic oxidation sites excluding steroid dienone is 1. The van der Waals surface area contributed by atoms with Crippen molar-refractivity contribution in [2.75, 3.05) is 6.61 Å². The summed E-state index contributed by atoms with van der Waals surface area (Å²) in [5, 5.41) is 10.1. The van der Waals surface area contributed by atoms with Crippen LogP contribution < -0.4 is 0 Å². The van der Waals surface area contributed by atoms with Gasteiger partial charge in [0, 0.05) is 6.61 Å². The molecule has 2 heteroatoms. The van der Waals surface area contributed by atoms with Crippen molar-refractivity contribution in [1.82, 2.24) is 0 Å². The normalized spacial score (nSPS) is 38.3. The molecule has 0 aromatic heterocycles. The van der Waals surface area contributed by atoms with Gasteiger partial charge in [0.25, 0.3) is 0 Å². The van der Waals surface area contributed by atoms with Crippen LogP contribution in [0.2, 0.25) is 0 Å². The van der Waals surface area contributed by atoms with Crippen molar-refractivity contribution in [3.8, 4) is 0 Å². The first kappa shape index (κ1) is 11.7. The van der Waals surface area contributed by atoms with Gasteiger partial charge in [-0.2, -0.15) is 0 Å². The van der Waals surface area contributed by atoms with Crippen molar-refractivity contribution in [1.29, 1.82) is 0 Å². The Labute approximate surface area is 87.0 Å². The van der Waals surface area contributed by atoms with Crippen LogP contribution >= 0.6 is 0 Å². The van der Waals surface area contributed by atoms with Gasteiger partial charge < -0.3 is 9.84 Å². The Hall–Kier alpha value is -0.340. The summed E-state index contributed by atoms with van der Waals surface area (Å²) in [6.07, 6.45) is 2.74. The number of hydrogen-bond donors (Lipinski definition) is 1. The summed E-state index contributed by atoms with van der Waals surface area (Å²) in [5.41, 5.74) is 0.562. The van der Waals surface area contributed by atoms with E-state index >= 15 is 0 Å². The average Bonchev–Trinajstić information content (AvgIpc) is 2.08. The van der Waals surface area contributed by atoms with E-state index in [9.17, 15) is 5.11 Å². The minimum absolute atomic E-state index is 0.0250. The summed E-state index contributed by atoms with van der Waals surface area (Å²) in [5.74, 6) is 0.520. The van der Waals surface area contributed by atoms with Gasteiger partial charge in [-0.1, -0.05) is 12.2 Å². The lowest BCUT2D eigenvalue weighted by atomic mass is 9.75.